The fourth-order valence-corrected chi connectivity index (χ4v) is 3.63. The van der Waals surface area contributed by atoms with E-state index in [-0.39, 0.29) is 12.2 Å². The third kappa shape index (κ3) is 11.9. The summed E-state index contributed by atoms with van der Waals surface area (Å²) in [4.78, 5) is 0. The highest BCUT2D eigenvalue weighted by molar-refractivity contribution is 7.57. The molecule has 3 nitrogen and oxygen atoms in total. The fourth-order valence-electron chi connectivity index (χ4n) is 1.88. The Morgan fingerprint density at radius 3 is 2.00 bits per heavy atom. The monoisotopic (exact) mass is 316 g/mol. The Bertz CT molecular complexity index is 365. The highest BCUT2D eigenvalue weighted by Gasteiger charge is 2.23. The third-order valence-electron chi connectivity index (χ3n) is 2.75. The van der Waals surface area contributed by atoms with Crippen LogP contribution in [0.4, 0.5) is 0 Å². The van der Waals surface area contributed by atoms with Gasteiger partial charge in [0, 0.05) is 5.82 Å². The van der Waals surface area contributed by atoms with Crippen LogP contribution in [-0.4, -0.2) is 12.2 Å². The van der Waals surface area contributed by atoms with Crippen molar-refractivity contribution in [2.45, 2.75) is 79.9 Å². The largest absolute Gasteiger partial charge is 0.354 e. The molecule has 0 aliphatic carbocycles. The van der Waals surface area contributed by atoms with Gasteiger partial charge in [-0.25, -0.2) is 0 Å². The SMILES string of the molecule is CC(C)=CCC[C@@H](C)C/C=C/P(=O)(OC(C)C)OC(C)C. The lowest BCUT2D eigenvalue weighted by atomic mass is 10.0. The molecule has 0 saturated carbocycles. The molecule has 0 fully saturated rings. The molecule has 0 aromatic carbocycles. The average molecular weight is 316 g/mol. The van der Waals surface area contributed by atoms with Gasteiger partial charge in [0.05, 0.1) is 12.2 Å². The Morgan fingerprint density at radius 2 is 1.57 bits per heavy atom. The van der Waals surface area contributed by atoms with E-state index in [1.807, 2.05) is 33.8 Å². The lowest BCUT2D eigenvalue weighted by Gasteiger charge is -2.20. The Morgan fingerprint density at radius 1 is 1.05 bits per heavy atom. The van der Waals surface area contributed by atoms with E-state index in [0.29, 0.717) is 5.92 Å². The fraction of sp³-hybridized carbons (Fsp3) is 0.765. The van der Waals surface area contributed by atoms with Gasteiger partial charge in [-0.15, -0.1) is 0 Å². The maximum absolute atomic E-state index is 12.6. The molecule has 0 bridgehead atoms. The van der Waals surface area contributed by atoms with Crippen LogP contribution in [-0.2, 0) is 13.6 Å². The smallest absolute Gasteiger partial charge is 0.303 e. The number of hydrogen-bond acceptors (Lipinski definition) is 3. The van der Waals surface area contributed by atoms with E-state index in [0.717, 1.165) is 19.3 Å². The van der Waals surface area contributed by atoms with Crippen molar-refractivity contribution < 1.29 is 13.6 Å². The van der Waals surface area contributed by atoms with Gasteiger partial charge in [0.1, 0.15) is 0 Å². The Balaban J connectivity index is 4.43. The maximum Gasteiger partial charge on any atom is 0.354 e. The molecule has 0 aromatic heterocycles. The minimum atomic E-state index is -3.12. The molecule has 0 aromatic rings. The molecule has 21 heavy (non-hydrogen) atoms. The zero-order chi connectivity index (χ0) is 16.5. The van der Waals surface area contributed by atoms with Crippen LogP contribution >= 0.6 is 7.60 Å². The van der Waals surface area contributed by atoms with E-state index >= 15 is 0 Å². The summed E-state index contributed by atoms with van der Waals surface area (Å²) in [6.45, 7) is 13.9. The van der Waals surface area contributed by atoms with Crippen LogP contribution in [0.5, 0.6) is 0 Å². The summed E-state index contributed by atoms with van der Waals surface area (Å²) in [6.07, 6.45) is 7.09. The lowest BCUT2D eigenvalue weighted by molar-refractivity contribution is 0.149. The van der Waals surface area contributed by atoms with Crippen LogP contribution in [0.15, 0.2) is 23.5 Å². The number of rotatable bonds is 10. The van der Waals surface area contributed by atoms with Gasteiger partial charge in [-0.2, -0.15) is 0 Å². The molecule has 0 unspecified atom stereocenters. The van der Waals surface area contributed by atoms with Crippen molar-refractivity contribution in [2.75, 3.05) is 0 Å². The Hall–Kier alpha value is -0.370. The first kappa shape index (κ1) is 20.6. The molecule has 124 valence electrons. The van der Waals surface area contributed by atoms with E-state index < -0.39 is 7.60 Å². The predicted molar refractivity (Wildman–Crippen MR) is 91.6 cm³/mol. The highest BCUT2D eigenvalue weighted by Crippen LogP contribution is 2.52. The Kier molecular flexibility index (Phi) is 10.2. The standard InChI is InChI=1S/C17H33O3P/c1-14(2)10-8-11-17(7)12-9-13-21(18,19-15(3)4)20-16(5)6/h9-10,13,15-17H,8,11-12H2,1-7H3/b13-9+/t17-/m1/s1. The molecule has 0 aliphatic rings. The van der Waals surface area contributed by atoms with Crippen LogP contribution in [0.25, 0.3) is 0 Å². The average Bonchev–Trinajstić information content (AvgIpc) is 2.25. The van der Waals surface area contributed by atoms with Crippen LogP contribution in [0.3, 0.4) is 0 Å². The molecule has 0 saturated heterocycles. The van der Waals surface area contributed by atoms with Crippen molar-refractivity contribution in [1.29, 1.82) is 0 Å². The summed E-state index contributed by atoms with van der Waals surface area (Å²) in [6, 6.07) is 0. The maximum atomic E-state index is 12.6. The lowest BCUT2D eigenvalue weighted by Crippen LogP contribution is -2.06. The zero-order valence-corrected chi connectivity index (χ0v) is 15.7. The zero-order valence-electron chi connectivity index (χ0n) is 14.8. The number of hydrogen-bond donors (Lipinski definition) is 0. The number of allylic oxidation sites excluding steroid dienone is 3. The second kappa shape index (κ2) is 10.4. The van der Waals surface area contributed by atoms with E-state index in [2.05, 4.69) is 26.8 Å². The summed E-state index contributed by atoms with van der Waals surface area (Å²) >= 11 is 0. The Labute approximate surface area is 131 Å². The summed E-state index contributed by atoms with van der Waals surface area (Å²) in [5, 5.41) is 0. The van der Waals surface area contributed by atoms with E-state index in [4.69, 9.17) is 9.05 Å². The molecule has 0 aliphatic heterocycles. The van der Waals surface area contributed by atoms with E-state index in [9.17, 15) is 4.57 Å². The van der Waals surface area contributed by atoms with E-state index in [1.54, 1.807) is 5.82 Å². The van der Waals surface area contributed by atoms with Crippen molar-refractivity contribution in [3.8, 4) is 0 Å². The van der Waals surface area contributed by atoms with E-state index in [1.165, 1.54) is 5.57 Å². The molecule has 0 heterocycles. The first-order chi connectivity index (χ1) is 9.64. The predicted octanol–water partition coefficient (Wildman–Crippen LogP) is 6.32. The molecule has 0 N–H and O–H groups in total. The first-order valence-corrected chi connectivity index (χ1v) is 9.53. The molecule has 0 radical (unpaired) electrons. The van der Waals surface area contributed by atoms with Gasteiger partial charge >= 0.3 is 7.60 Å². The van der Waals surface area contributed by atoms with Crippen molar-refractivity contribution >= 4 is 7.60 Å². The van der Waals surface area contributed by atoms with Crippen LogP contribution in [0.2, 0.25) is 0 Å². The van der Waals surface area contributed by atoms with Crippen molar-refractivity contribution in [3.63, 3.8) is 0 Å². The first-order valence-electron chi connectivity index (χ1n) is 7.92. The van der Waals surface area contributed by atoms with Gasteiger partial charge in [0.15, 0.2) is 0 Å². The van der Waals surface area contributed by atoms with Crippen molar-refractivity contribution in [2.24, 2.45) is 5.92 Å². The summed E-state index contributed by atoms with van der Waals surface area (Å²) in [5.74, 6) is 2.19. The molecule has 0 amide bonds. The molecule has 1 atom stereocenters. The van der Waals surface area contributed by atoms with Gasteiger partial charge in [0.25, 0.3) is 0 Å². The summed E-state index contributed by atoms with van der Waals surface area (Å²) < 4.78 is 23.5. The van der Waals surface area contributed by atoms with Gasteiger partial charge in [-0.3, -0.25) is 4.57 Å². The molecular formula is C17H33O3P. The molecule has 4 heteroatoms. The van der Waals surface area contributed by atoms with Crippen molar-refractivity contribution in [3.05, 3.63) is 23.5 Å². The molecule has 0 spiro atoms. The van der Waals surface area contributed by atoms with Gasteiger partial charge < -0.3 is 9.05 Å². The quantitative estimate of drug-likeness (QED) is 0.349. The summed E-state index contributed by atoms with van der Waals surface area (Å²) in [5.41, 5.74) is 1.36. The van der Waals surface area contributed by atoms with Crippen molar-refractivity contribution in [1.82, 2.24) is 0 Å². The van der Waals surface area contributed by atoms with Crippen LogP contribution in [0, 0.1) is 5.92 Å². The molecule has 0 rings (SSSR count). The minimum Gasteiger partial charge on any atom is -0.303 e. The second-order valence-corrected chi connectivity index (χ2v) is 8.23. The molecular weight excluding hydrogens is 283 g/mol. The normalized spacial score (nSPS) is 14.1. The highest BCUT2D eigenvalue weighted by atomic mass is 31.2. The third-order valence-corrected chi connectivity index (χ3v) is 4.76. The minimum absolute atomic E-state index is 0.116. The van der Waals surface area contributed by atoms with Crippen LogP contribution in [0.1, 0.15) is 67.7 Å². The van der Waals surface area contributed by atoms with Gasteiger partial charge in [-0.1, -0.05) is 24.6 Å². The summed E-state index contributed by atoms with van der Waals surface area (Å²) in [7, 11) is -3.12. The topological polar surface area (TPSA) is 35.5 Å². The van der Waals surface area contributed by atoms with Gasteiger partial charge in [0.2, 0.25) is 0 Å². The second-order valence-electron chi connectivity index (χ2n) is 6.43. The van der Waals surface area contributed by atoms with Crippen LogP contribution < -0.4 is 0 Å². The van der Waals surface area contributed by atoms with Gasteiger partial charge in [-0.05, 0) is 66.7 Å².